The van der Waals surface area contributed by atoms with E-state index in [0.29, 0.717) is 43.0 Å². The van der Waals surface area contributed by atoms with Gasteiger partial charge in [0.05, 0.1) is 0 Å². The Morgan fingerprint density at radius 1 is 0.974 bits per heavy atom. The van der Waals surface area contributed by atoms with Gasteiger partial charge >= 0.3 is 0 Å². The minimum Gasteiger partial charge on any atom is -0.356 e. The fourth-order valence-corrected chi connectivity index (χ4v) is 4.68. The van der Waals surface area contributed by atoms with Crippen LogP contribution in [0.3, 0.4) is 0 Å². The van der Waals surface area contributed by atoms with Crippen LogP contribution >= 0.6 is 0 Å². The number of amides is 3. The Bertz CT molecular complexity index is 1050. The third kappa shape index (κ3) is 8.98. The number of carbonyl (C=O) groups is 3. The van der Waals surface area contributed by atoms with Crippen LogP contribution < -0.4 is 16.4 Å². The molecule has 3 rings (SSSR count). The van der Waals surface area contributed by atoms with Crippen molar-refractivity contribution >= 4 is 17.7 Å². The van der Waals surface area contributed by atoms with Crippen molar-refractivity contribution in [3.05, 3.63) is 71.3 Å². The summed E-state index contributed by atoms with van der Waals surface area (Å²) >= 11 is 0. The summed E-state index contributed by atoms with van der Waals surface area (Å²) in [5, 5.41) is 6.14. The molecule has 0 spiro atoms. The number of nitrogens with one attached hydrogen (secondary N) is 2. The highest BCUT2D eigenvalue weighted by Gasteiger charge is 2.27. The van der Waals surface area contributed by atoms with Crippen molar-refractivity contribution in [3.8, 4) is 0 Å². The van der Waals surface area contributed by atoms with E-state index in [-0.39, 0.29) is 29.7 Å². The van der Waals surface area contributed by atoms with Crippen LogP contribution in [0.5, 0.6) is 0 Å². The molecular weight excluding hydrogens is 476 g/mol. The second-order valence-corrected chi connectivity index (χ2v) is 10.6. The van der Waals surface area contributed by atoms with E-state index in [0.717, 1.165) is 24.9 Å². The molecule has 1 aliphatic carbocycles. The van der Waals surface area contributed by atoms with Crippen molar-refractivity contribution in [1.82, 2.24) is 15.5 Å². The lowest BCUT2D eigenvalue weighted by Crippen LogP contribution is -2.50. The summed E-state index contributed by atoms with van der Waals surface area (Å²) < 4.78 is 0. The normalized spacial score (nSPS) is 15.3. The summed E-state index contributed by atoms with van der Waals surface area (Å²) in [4.78, 5) is 40.9. The van der Waals surface area contributed by atoms with Crippen molar-refractivity contribution in [1.29, 1.82) is 0 Å². The van der Waals surface area contributed by atoms with Crippen LogP contribution in [0.2, 0.25) is 0 Å². The smallest absolute Gasteiger partial charge is 0.253 e. The highest BCUT2D eigenvalue weighted by molar-refractivity contribution is 5.99. The zero-order valence-electron chi connectivity index (χ0n) is 23.1. The summed E-state index contributed by atoms with van der Waals surface area (Å²) in [5.41, 5.74) is 8.61. The van der Waals surface area contributed by atoms with Crippen LogP contribution in [0, 0.1) is 11.8 Å². The van der Waals surface area contributed by atoms with Gasteiger partial charge in [0.1, 0.15) is 0 Å². The van der Waals surface area contributed by atoms with Gasteiger partial charge in [-0.1, -0.05) is 57.2 Å². The summed E-state index contributed by atoms with van der Waals surface area (Å²) in [5.74, 6) is 0.0185. The zero-order valence-corrected chi connectivity index (χ0v) is 23.1. The molecule has 3 atom stereocenters. The fourth-order valence-electron chi connectivity index (χ4n) is 4.68. The first kappa shape index (κ1) is 29.4. The van der Waals surface area contributed by atoms with Gasteiger partial charge in [0.2, 0.25) is 5.91 Å². The molecule has 1 saturated carbocycles. The number of benzene rings is 2. The Hall–Kier alpha value is -3.19. The van der Waals surface area contributed by atoms with Crippen LogP contribution in [0.25, 0.3) is 0 Å². The maximum Gasteiger partial charge on any atom is 0.253 e. The van der Waals surface area contributed by atoms with Crippen molar-refractivity contribution in [3.63, 3.8) is 0 Å². The van der Waals surface area contributed by atoms with Crippen LogP contribution in [-0.4, -0.2) is 54.3 Å². The number of nitrogens with two attached hydrogens (primary N) is 1. The highest BCUT2D eigenvalue weighted by Crippen LogP contribution is 2.27. The fraction of sp³-hybridized carbons (Fsp3) is 0.516. The van der Waals surface area contributed by atoms with Gasteiger partial charge < -0.3 is 21.3 Å². The molecule has 7 nitrogen and oxygen atoms in total. The molecule has 0 unspecified atom stereocenters. The first-order chi connectivity index (χ1) is 18.3. The van der Waals surface area contributed by atoms with Crippen LogP contribution in [0.15, 0.2) is 54.6 Å². The Labute approximate surface area is 227 Å². The highest BCUT2D eigenvalue weighted by atomic mass is 16.2. The van der Waals surface area contributed by atoms with E-state index in [1.807, 2.05) is 56.0 Å². The molecule has 0 bridgehead atoms. The van der Waals surface area contributed by atoms with Gasteiger partial charge in [-0.05, 0) is 68.2 Å². The lowest BCUT2D eigenvalue weighted by Gasteiger charge is -2.27. The SMILES string of the molecule is CCCN(CCC)C(=O)c1cccc(C(=O)N[C@@H](Cc2ccccc2)[C@@H](N)C[C@@H](C)C(=O)NCC2CC2)c1. The molecule has 0 saturated heterocycles. The van der Waals surface area contributed by atoms with Crippen molar-refractivity contribution in [2.45, 2.75) is 71.4 Å². The molecule has 4 N–H and O–H groups in total. The van der Waals surface area contributed by atoms with E-state index in [1.165, 1.54) is 12.8 Å². The standard InChI is InChI=1S/C31H44N4O3/c1-4-16-35(17-5-2)31(38)26-13-9-12-25(20-26)30(37)34-28(19-23-10-7-6-8-11-23)27(32)18-22(3)29(36)33-21-24-14-15-24/h6-13,20,22,24,27-28H,4-5,14-19,21,32H2,1-3H3,(H,33,36)(H,34,37)/t22-,27+,28+/m1/s1. The van der Waals surface area contributed by atoms with E-state index < -0.39 is 6.04 Å². The molecule has 206 valence electrons. The lowest BCUT2D eigenvalue weighted by molar-refractivity contribution is -0.124. The molecule has 7 heteroatoms. The van der Waals surface area contributed by atoms with Gasteiger partial charge in [0, 0.05) is 48.8 Å². The van der Waals surface area contributed by atoms with Crippen molar-refractivity contribution < 1.29 is 14.4 Å². The Balaban J connectivity index is 1.71. The maximum atomic E-state index is 13.4. The molecule has 2 aromatic rings. The van der Waals surface area contributed by atoms with Gasteiger partial charge in [-0.3, -0.25) is 14.4 Å². The molecule has 0 aromatic heterocycles. The molecule has 0 radical (unpaired) electrons. The van der Waals surface area contributed by atoms with E-state index in [1.54, 1.807) is 24.3 Å². The zero-order chi connectivity index (χ0) is 27.5. The van der Waals surface area contributed by atoms with E-state index in [4.69, 9.17) is 5.73 Å². The first-order valence-electron chi connectivity index (χ1n) is 14.1. The number of carbonyl (C=O) groups excluding carboxylic acids is 3. The predicted octanol–water partition coefficient (Wildman–Crippen LogP) is 4.17. The summed E-state index contributed by atoms with van der Waals surface area (Å²) in [7, 11) is 0. The Morgan fingerprint density at radius 2 is 1.63 bits per heavy atom. The summed E-state index contributed by atoms with van der Waals surface area (Å²) in [6, 6.07) is 16.0. The van der Waals surface area contributed by atoms with Gasteiger partial charge in [0.25, 0.3) is 11.8 Å². The monoisotopic (exact) mass is 520 g/mol. The van der Waals surface area contributed by atoms with Gasteiger partial charge in [-0.2, -0.15) is 0 Å². The molecule has 1 fully saturated rings. The van der Waals surface area contributed by atoms with E-state index in [9.17, 15) is 14.4 Å². The topological polar surface area (TPSA) is 105 Å². The number of nitrogens with zero attached hydrogens (tertiary/aromatic N) is 1. The molecule has 1 aliphatic rings. The quantitative estimate of drug-likeness (QED) is 0.328. The van der Waals surface area contributed by atoms with E-state index >= 15 is 0 Å². The number of hydrogen-bond donors (Lipinski definition) is 3. The average Bonchev–Trinajstić information content (AvgIpc) is 3.76. The number of rotatable bonds is 15. The van der Waals surface area contributed by atoms with Crippen molar-refractivity contribution in [2.75, 3.05) is 19.6 Å². The lowest BCUT2D eigenvalue weighted by atomic mass is 9.92. The van der Waals surface area contributed by atoms with Crippen LogP contribution in [0.4, 0.5) is 0 Å². The second kappa shape index (κ2) is 14.7. The minimum atomic E-state index is -0.421. The van der Waals surface area contributed by atoms with Gasteiger partial charge in [-0.15, -0.1) is 0 Å². The van der Waals surface area contributed by atoms with Crippen LogP contribution in [0.1, 0.15) is 79.2 Å². The second-order valence-electron chi connectivity index (χ2n) is 10.6. The molecule has 3 amide bonds. The summed E-state index contributed by atoms with van der Waals surface area (Å²) in [6.07, 6.45) is 5.12. The third-order valence-corrected chi connectivity index (χ3v) is 7.11. The third-order valence-electron chi connectivity index (χ3n) is 7.11. The molecule has 0 aliphatic heterocycles. The molecule has 2 aromatic carbocycles. The first-order valence-corrected chi connectivity index (χ1v) is 14.1. The minimum absolute atomic E-state index is 0.00654. The van der Waals surface area contributed by atoms with Crippen LogP contribution in [-0.2, 0) is 11.2 Å². The Morgan fingerprint density at radius 3 is 2.26 bits per heavy atom. The van der Waals surface area contributed by atoms with Gasteiger partial charge in [0.15, 0.2) is 0 Å². The molecule has 38 heavy (non-hydrogen) atoms. The van der Waals surface area contributed by atoms with Gasteiger partial charge in [-0.25, -0.2) is 0 Å². The molecule has 0 heterocycles. The number of hydrogen-bond acceptors (Lipinski definition) is 4. The Kier molecular flexibility index (Phi) is 11.3. The maximum absolute atomic E-state index is 13.4. The molecular formula is C31H44N4O3. The predicted molar refractivity (Wildman–Crippen MR) is 152 cm³/mol. The van der Waals surface area contributed by atoms with E-state index in [2.05, 4.69) is 10.6 Å². The summed E-state index contributed by atoms with van der Waals surface area (Å²) in [6.45, 7) is 8.08. The largest absolute Gasteiger partial charge is 0.356 e. The van der Waals surface area contributed by atoms with Crippen molar-refractivity contribution in [2.24, 2.45) is 17.6 Å². The average molecular weight is 521 g/mol.